The van der Waals surface area contributed by atoms with Crippen molar-refractivity contribution in [2.75, 3.05) is 6.54 Å². The zero-order valence-corrected chi connectivity index (χ0v) is 11.3. The Balaban J connectivity index is 2.01. The molecule has 20 heavy (non-hydrogen) atoms. The molecule has 0 bridgehead atoms. The molecule has 1 fully saturated rings. The molecule has 1 unspecified atom stereocenters. The summed E-state index contributed by atoms with van der Waals surface area (Å²) < 4.78 is 0. The van der Waals surface area contributed by atoms with E-state index in [0.29, 0.717) is 6.42 Å². The van der Waals surface area contributed by atoms with Crippen LogP contribution in [0.2, 0.25) is 0 Å². The van der Waals surface area contributed by atoms with Crippen molar-refractivity contribution in [1.82, 2.24) is 10.6 Å². The van der Waals surface area contributed by atoms with Gasteiger partial charge in [-0.2, -0.15) is 0 Å². The molecule has 1 heterocycles. The van der Waals surface area contributed by atoms with Gasteiger partial charge in [0.15, 0.2) is 0 Å². The van der Waals surface area contributed by atoms with Crippen LogP contribution in [0.25, 0.3) is 0 Å². The molecule has 2 rings (SSSR count). The summed E-state index contributed by atoms with van der Waals surface area (Å²) in [4.78, 5) is 22.9. The van der Waals surface area contributed by atoms with E-state index in [0.717, 1.165) is 24.9 Å². The number of carboxylic acids is 1. The Labute approximate surface area is 118 Å². The SMILES string of the molecule is O=C(O)CCC(NC(=O)[C@@H]1CCCN1)c1ccccc1. The van der Waals surface area contributed by atoms with Crippen molar-refractivity contribution in [1.29, 1.82) is 0 Å². The van der Waals surface area contributed by atoms with Gasteiger partial charge in [0, 0.05) is 6.42 Å². The van der Waals surface area contributed by atoms with Crippen molar-refractivity contribution < 1.29 is 14.7 Å². The first-order valence-electron chi connectivity index (χ1n) is 6.97. The standard InChI is InChI=1S/C15H20N2O3/c18-14(19)9-8-12(11-5-2-1-3-6-11)17-15(20)13-7-4-10-16-13/h1-3,5-6,12-13,16H,4,7-10H2,(H,17,20)(H,18,19)/t12?,13-/m0/s1. The van der Waals surface area contributed by atoms with E-state index in [9.17, 15) is 9.59 Å². The van der Waals surface area contributed by atoms with Crippen molar-refractivity contribution in [3.05, 3.63) is 35.9 Å². The van der Waals surface area contributed by atoms with E-state index >= 15 is 0 Å². The Bertz CT molecular complexity index is 455. The minimum absolute atomic E-state index is 0.0396. The Morgan fingerprint density at radius 2 is 2.10 bits per heavy atom. The predicted molar refractivity (Wildman–Crippen MR) is 75.2 cm³/mol. The van der Waals surface area contributed by atoms with Gasteiger partial charge in [-0.05, 0) is 31.4 Å². The lowest BCUT2D eigenvalue weighted by molar-refractivity contribution is -0.137. The summed E-state index contributed by atoms with van der Waals surface area (Å²) in [7, 11) is 0. The molecular weight excluding hydrogens is 256 g/mol. The van der Waals surface area contributed by atoms with Gasteiger partial charge in [-0.1, -0.05) is 30.3 Å². The third-order valence-electron chi connectivity index (χ3n) is 3.54. The fraction of sp³-hybridized carbons (Fsp3) is 0.467. The molecule has 1 saturated heterocycles. The van der Waals surface area contributed by atoms with Crippen LogP contribution in [-0.2, 0) is 9.59 Å². The maximum absolute atomic E-state index is 12.2. The third-order valence-corrected chi connectivity index (χ3v) is 3.54. The number of carbonyl (C=O) groups excluding carboxylic acids is 1. The van der Waals surface area contributed by atoms with Crippen LogP contribution >= 0.6 is 0 Å². The van der Waals surface area contributed by atoms with Crippen LogP contribution in [0.5, 0.6) is 0 Å². The number of aliphatic carboxylic acids is 1. The summed E-state index contributed by atoms with van der Waals surface area (Å²) >= 11 is 0. The number of carbonyl (C=O) groups is 2. The first-order chi connectivity index (χ1) is 9.66. The van der Waals surface area contributed by atoms with Crippen molar-refractivity contribution in [3.63, 3.8) is 0 Å². The third kappa shape index (κ3) is 4.06. The highest BCUT2D eigenvalue weighted by Gasteiger charge is 2.24. The molecule has 0 aliphatic carbocycles. The van der Waals surface area contributed by atoms with Gasteiger partial charge in [0.25, 0.3) is 0 Å². The number of hydrogen-bond acceptors (Lipinski definition) is 3. The zero-order chi connectivity index (χ0) is 14.4. The Hall–Kier alpha value is -1.88. The Morgan fingerprint density at radius 1 is 1.35 bits per heavy atom. The van der Waals surface area contributed by atoms with E-state index < -0.39 is 5.97 Å². The first-order valence-corrected chi connectivity index (χ1v) is 6.97. The molecule has 1 aromatic rings. The number of benzene rings is 1. The molecule has 2 atom stereocenters. The summed E-state index contributed by atoms with van der Waals surface area (Å²) in [5.74, 6) is -0.888. The molecule has 0 spiro atoms. The zero-order valence-electron chi connectivity index (χ0n) is 11.3. The summed E-state index contributed by atoms with van der Waals surface area (Å²) in [6.07, 6.45) is 2.28. The highest BCUT2D eigenvalue weighted by Crippen LogP contribution is 2.19. The monoisotopic (exact) mass is 276 g/mol. The fourth-order valence-electron chi connectivity index (χ4n) is 2.46. The van der Waals surface area contributed by atoms with Crippen LogP contribution < -0.4 is 10.6 Å². The minimum atomic E-state index is -0.848. The molecule has 1 aliphatic heterocycles. The van der Waals surface area contributed by atoms with Gasteiger partial charge in [-0.3, -0.25) is 9.59 Å². The summed E-state index contributed by atoms with van der Waals surface area (Å²) in [6.45, 7) is 0.864. The van der Waals surface area contributed by atoms with Gasteiger partial charge < -0.3 is 15.7 Å². The minimum Gasteiger partial charge on any atom is -0.481 e. The second kappa shape index (κ2) is 7.05. The van der Waals surface area contributed by atoms with Crippen LogP contribution in [0.3, 0.4) is 0 Å². The second-order valence-electron chi connectivity index (χ2n) is 5.05. The van der Waals surface area contributed by atoms with Crippen LogP contribution in [0.15, 0.2) is 30.3 Å². The second-order valence-corrected chi connectivity index (χ2v) is 5.05. The smallest absolute Gasteiger partial charge is 0.303 e. The van der Waals surface area contributed by atoms with Crippen molar-refractivity contribution in [2.24, 2.45) is 0 Å². The number of rotatable bonds is 6. The Morgan fingerprint density at radius 3 is 2.70 bits per heavy atom. The van der Waals surface area contributed by atoms with Crippen LogP contribution in [0.1, 0.15) is 37.3 Å². The topological polar surface area (TPSA) is 78.4 Å². The van der Waals surface area contributed by atoms with Crippen LogP contribution in [0.4, 0.5) is 0 Å². The lowest BCUT2D eigenvalue weighted by Gasteiger charge is -2.21. The average molecular weight is 276 g/mol. The largest absolute Gasteiger partial charge is 0.481 e. The normalized spacial score (nSPS) is 19.5. The number of nitrogens with one attached hydrogen (secondary N) is 2. The molecule has 0 aromatic heterocycles. The number of hydrogen-bond donors (Lipinski definition) is 3. The maximum Gasteiger partial charge on any atom is 0.303 e. The van der Waals surface area contributed by atoms with E-state index in [4.69, 9.17) is 5.11 Å². The number of amides is 1. The maximum atomic E-state index is 12.2. The molecule has 3 N–H and O–H groups in total. The Kier molecular flexibility index (Phi) is 5.12. The molecule has 1 aliphatic rings. The van der Waals surface area contributed by atoms with Gasteiger partial charge in [0.2, 0.25) is 5.91 Å². The molecule has 1 aromatic carbocycles. The van der Waals surface area contributed by atoms with E-state index in [-0.39, 0.29) is 24.4 Å². The predicted octanol–water partition coefficient (Wildman–Crippen LogP) is 1.46. The van der Waals surface area contributed by atoms with Crippen molar-refractivity contribution in [2.45, 2.75) is 37.8 Å². The molecule has 1 amide bonds. The molecular formula is C15H20N2O3. The molecule has 0 radical (unpaired) electrons. The summed E-state index contributed by atoms with van der Waals surface area (Å²) in [5.41, 5.74) is 0.945. The van der Waals surface area contributed by atoms with Gasteiger partial charge in [0.05, 0.1) is 12.1 Å². The fourth-order valence-corrected chi connectivity index (χ4v) is 2.46. The van der Waals surface area contributed by atoms with Gasteiger partial charge in [-0.25, -0.2) is 0 Å². The number of carboxylic acid groups (broad SMARTS) is 1. The average Bonchev–Trinajstić information content (AvgIpc) is 2.98. The van der Waals surface area contributed by atoms with E-state index in [2.05, 4.69) is 10.6 Å². The van der Waals surface area contributed by atoms with E-state index in [1.807, 2.05) is 30.3 Å². The van der Waals surface area contributed by atoms with Crippen LogP contribution in [-0.4, -0.2) is 29.6 Å². The van der Waals surface area contributed by atoms with Crippen LogP contribution in [0, 0.1) is 0 Å². The summed E-state index contributed by atoms with van der Waals surface area (Å²) in [5, 5.41) is 14.9. The van der Waals surface area contributed by atoms with E-state index in [1.54, 1.807) is 0 Å². The lowest BCUT2D eigenvalue weighted by atomic mass is 10.0. The van der Waals surface area contributed by atoms with Crippen molar-refractivity contribution in [3.8, 4) is 0 Å². The highest BCUT2D eigenvalue weighted by molar-refractivity contribution is 5.82. The highest BCUT2D eigenvalue weighted by atomic mass is 16.4. The van der Waals surface area contributed by atoms with Crippen molar-refractivity contribution >= 4 is 11.9 Å². The lowest BCUT2D eigenvalue weighted by Crippen LogP contribution is -2.42. The van der Waals surface area contributed by atoms with E-state index in [1.165, 1.54) is 0 Å². The van der Waals surface area contributed by atoms with Gasteiger partial charge in [0.1, 0.15) is 0 Å². The molecule has 5 nitrogen and oxygen atoms in total. The first kappa shape index (κ1) is 14.5. The van der Waals surface area contributed by atoms with Gasteiger partial charge in [-0.15, -0.1) is 0 Å². The molecule has 108 valence electrons. The molecule has 5 heteroatoms. The van der Waals surface area contributed by atoms with Gasteiger partial charge >= 0.3 is 5.97 Å². The quantitative estimate of drug-likeness (QED) is 0.735. The molecule has 0 saturated carbocycles. The summed E-state index contributed by atoms with van der Waals surface area (Å²) in [6, 6.07) is 9.11.